The van der Waals surface area contributed by atoms with Crippen LogP contribution in [0.15, 0.2) is 18.2 Å². The number of anilines is 1. The topological polar surface area (TPSA) is 125 Å². The van der Waals surface area contributed by atoms with Gasteiger partial charge in [0, 0.05) is 25.3 Å². The molecule has 0 fully saturated rings. The Morgan fingerprint density at radius 1 is 1.22 bits per heavy atom. The Kier molecular flexibility index (Phi) is 6.79. The van der Waals surface area contributed by atoms with Crippen molar-refractivity contribution in [2.75, 3.05) is 25.0 Å². The van der Waals surface area contributed by atoms with Crippen LogP contribution in [0.2, 0.25) is 0 Å². The molecular weight excluding hydrogens is 348 g/mol. The lowest BCUT2D eigenvalue weighted by Gasteiger charge is -2.28. The van der Waals surface area contributed by atoms with Gasteiger partial charge in [-0.2, -0.15) is 0 Å². The van der Waals surface area contributed by atoms with E-state index in [1.807, 2.05) is 23.1 Å². The minimum Gasteiger partial charge on any atom is -0.481 e. The summed E-state index contributed by atoms with van der Waals surface area (Å²) in [4.78, 5) is 36.8. The summed E-state index contributed by atoms with van der Waals surface area (Å²) in [7, 11) is 0. The highest BCUT2D eigenvalue weighted by molar-refractivity contribution is 5.90. The Labute approximate surface area is 159 Å². The van der Waals surface area contributed by atoms with Gasteiger partial charge in [-0.3, -0.25) is 14.5 Å². The molecule has 0 aromatic heterocycles. The zero-order chi connectivity index (χ0) is 20.0. The van der Waals surface area contributed by atoms with Gasteiger partial charge >= 0.3 is 12.0 Å². The fourth-order valence-electron chi connectivity index (χ4n) is 3.35. The van der Waals surface area contributed by atoms with E-state index in [4.69, 9.17) is 5.73 Å². The van der Waals surface area contributed by atoms with E-state index >= 15 is 0 Å². The van der Waals surface area contributed by atoms with Crippen LogP contribution < -0.4 is 16.4 Å². The van der Waals surface area contributed by atoms with Crippen molar-refractivity contribution in [3.8, 4) is 0 Å². The molecule has 0 bridgehead atoms. The van der Waals surface area contributed by atoms with E-state index < -0.39 is 17.4 Å². The van der Waals surface area contributed by atoms with Crippen molar-refractivity contribution in [1.82, 2.24) is 10.2 Å². The zero-order valence-electron chi connectivity index (χ0n) is 15.9. The molecule has 27 heavy (non-hydrogen) atoms. The summed E-state index contributed by atoms with van der Waals surface area (Å²) in [6, 6.07) is 5.23. The third-order valence-electron chi connectivity index (χ3n) is 5.33. The van der Waals surface area contributed by atoms with E-state index in [2.05, 4.69) is 10.6 Å². The average Bonchev–Trinajstić information content (AvgIpc) is 2.62. The Bertz CT molecular complexity index is 716. The monoisotopic (exact) mass is 376 g/mol. The number of fused-ring (bicyclic) bond motifs is 1. The fourth-order valence-corrected chi connectivity index (χ4v) is 3.35. The van der Waals surface area contributed by atoms with Crippen molar-refractivity contribution in [2.24, 2.45) is 11.1 Å². The van der Waals surface area contributed by atoms with Crippen LogP contribution >= 0.6 is 0 Å². The summed E-state index contributed by atoms with van der Waals surface area (Å²) >= 11 is 0. The molecule has 0 radical (unpaired) electrons. The first-order chi connectivity index (χ1) is 12.8. The number of nitrogens with zero attached hydrogens (tertiary/aromatic N) is 1. The van der Waals surface area contributed by atoms with Crippen molar-refractivity contribution < 1.29 is 19.5 Å². The molecule has 1 aliphatic heterocycles. The number of carbonyl (C=O) groups excluding carboxylic acids is 2. The van der Waals surface area contributed by atoms with Crippen LogP contribution in [0.3, 0.4) is 0 Å². The highest BCUT2D eigenvalue weighted by atomic mass is 16.4. The van der Waals surface area contributed by atoms with Gasteiger partial charge in [-0.05, 0) is 42.5 Å². The Hall–Kier alpha value is -2.61. The quantitative estimate of drug-likeness (QED) is 0.548. The highest BCUT2D eigenvalue weighted by Gasteiger charge is 2.35. The molecule has 0 unspecified atom stereocenters. The molecule has 5 N–H and O–H groups in total. The molecule has 8 nitrogen and oxygen atoms in total. The molecule has 0 aliphatic carbocycles. The molecule has 0 spiro atoms. The summed E-state index contributed by atoms with van der Waals surface area (Å²) in [6.45, 7) is 5.26. The number of aliphatic carboxylic acids is 1. The third-order valence-corrected chi connectivity index (χ3v) is 5.33. The number of rotatable bonds is 8. The molecule has 3 amide bonds. The Morgan fingerprint density at radius 2 is 1.93 bits per heavy atom. The zero-order valence-corrected chi connectivity index (χ0v) is 15.9. The lowest BCUT2D eigenvalue weighted by Crippen LogP contribution is -2.43. The SMILES string of the molecule is CCC(CC)(CNC(=O)Nc1ccc2c(c1)CN(CC(N)=O)CC2)C(=O)O. The minimum absolute atomic E-state index is 0.0680. The van der Waals surface area contributed by atoms with E-state index in [0.29, 0.717) is 25.1 Å². The summed E-state index contributed by atoms with van der Waals surface area (Å²) in [5.74, 6) is -1.27. The second kappa shape index (κ2) is 8.85. The average molecular weight is 376 g/mol. The van der Waals surface area contributed by atoms with E-state index in [-0.39, 0.29) is 19.0 Å². The first-order valence-corrected chi connectivity index (χ1v) is 9.20. The smallest absolute Gasteiger partial charge is 0.319 e. The predicted octanol–water partition coefficient (Wildman–Crippen LogP) is 1.54. The number of carboxylic acid groups (broad SMARTS) is 1. The van der Waals surface area contributed by atoms with Gasteiger partial charge < -0.3 is 21.5 Å². The fraction of sp³-hybridized carbons (Fsp3) is 0.526. The largest absolute Gasteiger partial charge is 0.481 e. The van der Waals surface area contributed by atoms with Gasteiger partial charge in [0.15, 0.2) is 0 Å². The molecule has 1 aliphatic rings. The number of hydrogen-bond donors (Lipinski definition) is 4. The van der Waals surface area contributed by atoms with Crippen molar-refractivity contribution in [2.45, 2.75) is 39.7 Å². The van der Waals surface area contributed by atoms with Crippen LogP contribution in [0.1, 0.15) is 37.8 Å². The second-order valence-corrected chi connectivity index (χ2v) is 7.01. The summed E-state index contributed by atoms with van der Waals surface area (Å²) in [5.41, 5.74) is 7.16. The lowest BCUT2D eigenvalue weighted by molar-refractivity contribution is -0.149. The predicted molar refractivity (Wildman–Crippen MR) is 102 cm³/mol. The molecule has 2 rings (SSSR count). The maximum absolute atomic E-state index is 12.2. The minimum atomic E-state index is -0.956. The van der Waals surface area contributed by atoms with Crippen molar-refractivity contribution in [3.63, 3.8) is 0 Å². The van der Waals surface area contributed by atoms with Crippen molar-refractivity contribution >= 4 is 23.6 Å². The second-order valence-electron chi connectivity index (χ2n) is 7.01. The number of urea groups is 1. The summed E-state index contributed by atoms with van der Waals surface area (Å²) in [6.07, 6.45) is 1.70. The van der Waals surface area contributed by atoms with Crippen LogP contribution in [-0.4, -0.2) is 47.5 Å². The Balaban J connectivity index is 1.99. The maximum atomic E-state index is 12.2. The standard InChI is InChI=1S/C19H28N4O4/c1-3-19(4-2,17(25)26)12-21-18(27)22-15-6-5-13-7-8-23(11-16(20)24)10-14(13)9-15/h5-6,9H,3-4,7-8,10-12H2,1-2H3,(H2,20,24)(H,25,26)(H2,21,22,27). The first-order valence-electron chi connectivity index (χ1n) is 9.20. The van der Waals surface area contributed by atoms with Gasteiger partial charge in [0.05, 0.1) is 12.0 Å². The number of hydrogen-bond acceptors (Lipinski definition) is 4. The number of carbonyl (C=O) groups is 3. The van der Waals surface area contributed by atoms with E-state index in [1.165, 1.54) is 5.56 Å². The van der Waals surface area contributed by atoms with E-state index in [9.17, 15) is 19.5 Å². The normalized spacial score (nSPS) is 14.3. The maximum Gasteiger partial charge on any atom is 0.319 e. The molecule has 1 aromatic rings. The number of primary amides is 1. The number of nitrogens with two attached hydrogens (primary N) is 1. The van der Waals surface area contributed by atoms with Gasteiger partial charge in [-0.1, -0.05) is 19.9 Å². The van der Waals surface area contributed by atoms with Gasteiger partial charge in [0.2, 0.25) is 5.91 Å². The van der Waals surface area contributed by atoms with Gasteiger partial charge in [-0.25, -0.2) is 4.79 Å². The molecule has 148 valence electrons. The van der Waals surface area contributed by atoms with Gasteiger partial charge in [-0.15, -0.1) is 0 Å². The Morgan fingerprint density at radius 3 is 2.52 bits per heavy atom. The molecule has 1 heterocycles. The number of amides is 3. The summed E-state index contributed by atoms with van der Waals surface area (Å²) < 4.78 is 0. The highest BCUT2D eigenvalue weighted by Crippen LogP contribution is 2.26. The van der Waals surface area contributed by atoms with Crippen LogP contribution in [0.4, 0.5) is 10.5 Å². The van der Waals surface area contributed by atoms with Gasteiger partial charge in [0.25, 0.3) is 0 Å². The molecule has 0 saturated heterocycles. The van der Waals surface area contributed by atoms with E-state index in [1.54, 1.807) is 13.8 Å². The lowest BCUT2D eigenvalue weighted by atomic mass is 9.82. The number of carboxylic acids is 1. The van der Waals surface area contributed by atoms with Crippen molar-refractivity contribution in [1.29, 1.82) is 0 Å². The molecule has 8 heteroatoms. The molecule has 0 atom stereocenters. The van der Waals surface area contributed by atoms with Crippen LogP contribution in [0, 0.1) is 5.41 Å². The first kappa shape index (κ1) is 20.7. The molecular formula is C19H28N4O4. The molecule has 0 saturated carbocycles. The van der Waals surface area contributed by atoms with Gasteiger partial charge in [0.1, 0.15) is 0 Å². The van der Waals surface area contributed by atoms with Crippen molar-refractivity contribution in [3.05, 3.63) is 29.3 Å². The summed E-state index contributed by atoms with van der Waals surface area (Å²) in [5, 5.41) is 14.9. The number of benzene rings is 1. The molecule has 1 aromatic carbocycles. The number of nitrogens with one attached hydrogen (secondary N) is 2. The van der Waals surface area contributed by atoms with Crippen LogP contribution in [0.5, 0.6) is 0 Å². The van der Waals surface area contributed by atoms with Crippen LogP contribution in [-0.2, 0) is 22.6 Å². The van der Waals surface area contributed by atoms with E-state index in [0.717, 1.165) is 18.5 Å². The van der Waals surface area contributed by atoms with Crippen LogP contribution in [0.25, 0.3) is 0 Å². The third kappa shape index (κ3) is 5.19.